The molecule has 0 saturated heterocycles. The highest BCUT2D eigenvalue weighted by atomic mass is 16.7. The van der Waals surface area contributed by atoms with E-state index < -0.39 is 6.41 Å². The summed E-state index contributed by atoms with van der Waals surface area (Å²) in [7, 11) is 0. The molecule has 0 rings (SSSR count). The molecule has 10 heavy (non-hydrogen) atoms. The van der Waals surface area contributed by atoms with Crippen molar-refractivity contribution in [3.8, 4) is 0 Å². The van der Waals surface area contributed by atoms with Crippen molar-refractivity contribution in [2.75, 3.05) is 0 Å². The molecule has 3 heteroatoms. The molecule has 0 radical (unpaired) electrons. The first-order chi connectivity index (χ1) is 4.52. The Labute approximate surface area is 62.5 Å². The van der Waals surface area contributed by atoms with Gasteiger partial charge in [-0.25, -0.2) is 0 Å². The Morgan fingerprint density at radius 1 is 0.900 bits per heavy atom. The van der Waals surface area contributed by atoms with Gasteiger partial charge in [-0.1, -0.05) is 0 Å². The first-order valence-corrected chi connectivity index (χ1v) is 3.59. The van der Waals surface area contributed by atoms with Gasteiger partial charge < -0.3 is 9.47 Å². The molecule has 0 saturated carbocycles. The van der Waals surface area contributed by atoms with Gasteiger partial charge in [-0.3, -0.25) is 5.73 Å². The average molecular weight is 147 g/mol. The van der Waals surface area contributed by atoms with Crippen LogP contribution in [0.25, 0.3) is 0 Å². The zero-order valence-electron chi connectivity index (χ0n) is 7.13. The monoisotopic (exact) mass is 147 g/mol. The molecule has 0 bridgehead atoms. The van der Waals surface area contributed by atoms with Crippen molar-refractivity contribution in [3.63, 3.8) is 0 Å². The van der Waals surface area contributed by atoms with Crippen LogP contribution in [-0.2, 0) is 9.47 Å². The summed E-state index contributed by atoms with van der Waals surface area (Å²) in [5, 5.41) is 0. The summed E-state index contributed by atoms with van der Waals surface area (Å²) in [5.74, 6) is 0. The lowest BCUT2D eigenvalue weighted by atomic mass is 10.5. The second kappa shape index (κ2) is 4.66. The van der Waals surface area contributed by atoms with E-state index in [-0.39, 0.29) is 12.2 Å². The molecule has 0 unspecified atom stereocenters. The van der Waals surface area contributed by atoms with Crippen LogP contribution in [0.15, 0.2) is 0 Å². The van der Waals surface area contributed by atoms with Crippen molar-refractivity contribution in [1.29, 1.82) is 0 Å². The highest BCUT2D eigenvalue weighted by Gasteiger charge is 2.06. The van der Waals surface area contributed by atoms with Crippen molar-refractivity contribution in [1.82, 2.24) is 0 Å². The second-order valence-corrected chi connectivity index (χ2v) is 2.74. The molecule has 0 heterocycles. The van der Waals surface area contributed by atoms with E-state index >= 15 is 0 Å². The van der Waals surface area contributed by atoms with E-state index in [0.29, 0.717) is 0 Å². The predicted molar refractivity (Wildman–Crippen MR) is 40.4 cm³/mol. The highest BCUT2D eigenvalue weighted by molar-refractivity contribution is 4.40. The first kappa shape index (κ1) is 9.88. The summed E-state index contributed by atoms with van der Waals surface area (Å²) in [6.07, 6.45) is -0.345. The van der Waals surface area contributed by atoms with Gasteiger partial charge in [0.15, 0.2) is 0 Å². The van der Waals surface area contributed by atoms with Crippen LogP contribution in [0.4, 0.5) is 0 Å². The fourth-order valence-corrected chi connectivity index (χ4v) is 0.569. The van der Waals surface area contributed by atoms with Gasteiger partial charge in [0.05, 0.1) is 12.2 Å². The fraction of sp³-hybridized carbons (Fsp3) is 1.00. The number of hydrogen-bond donors (Lipinski definition) is 1. The minimum atomic E-state index is -0.583. The van der Waals surface area contributed by atoms with Crippen LogP contribution in [0, 0.1) is 0 Å². The zero-order chi connectivity index (χ0) is 8.15. The van der Waals surface area contributed by atoms with E-state index in [4.69, 9.17) is 15.2 Å². The average Bonchev–Trinajstić information content (AvgIpc) is 1.58. The summed E-state index contributed by atoms with van der Waals surface area (Å²) >= 11 is 0. The molecule has 0 atom stereocenters. The Kier molecular flexibility index (Phi) is 4.60. The molecule has 0 spiro atoms. The minimum Gasteiger partial charge on any atom is -0.337 e. The van der Waals surface area contributed by atoms with E-state index in [2.05, 4.69) is 0 Å². The van der Waals surface area contributed by atoms with Gasteiger partial charge >= 0.3 is 0 Å². The van der Waals surface area contributed by atoms with Gasteiger partial charge in [0, 0.05) is 0 Å². The largest absolute Gasteiger partial charge is 0.337 e. The van der Waals surface area contributed by atoms with Gasteiger partial charge in [-0.2, -0.15) is 0 Å². The molecule has 0 aliphatic rings. The van der Waals surface area contributed by atoms with E-state index in [1.807, 2.05) is 27.7 Å². The Morgan fingerprint density at radius 2 is 1.20 bits per heavy atom. The standard InChI is InChI=1S/C7H17NO2/c1-5(2)9-7(8)10-6(3)4/h5-7H,8H2,1-4H3. The third kappa shape index (κ3) is 6.01. The summed E-state index contributed by atoms with van der Waals surface area (Å²) in [5.41, 5.74) is 5.43. The van der Waals surface area contributed by atoms with E-state index in [9.17, 15) is 0 Å². The van der Waals surface area contributed by atoms with Gasteiger partial charge in [-0.05, 0) is 27.7 Å². The molecule has 0 amide bonds. The van der Waals surface area contributed by atoms with Crippen molar-refractivity contribution < 1.29 is 9.47 Å². The van der Waals surface area contributed by atoms with E-state index in [0.717, 1.165) is 0 Å². The first-order valence-electron chi connectivity index (χ1n) is 3.59. The molecule has 2 N–H and O–H groups in total. The topological polar surface area (TPSA) is 44.5 Å². The maximum atomic E-state index is 5.43. The zero-order valence-corrected chi connectivity index (χ0v) is 7.13. The predicted octanol–water partition coefficient (Wildman–Crippen LogP) is 1.08. The van der Waals surface area contributed by atoms with Gasteiger partial charge in [0.25, 0.3) is 0 Å². The van der Waals surface area contributed by atoms with Crippen LogP contribution in [0.1, 0.15) is 27.7 Å². The highest BCUT2D eigenvalue weighted by Crippen LogP contribution is 1.97. The Hall–Kier alpha value is -0.120. The molecule has 0 aliphatic carbocycles. The van der Waals surface area contributed by atoms with Crippen molar-refractivity contribution in [2.45, 2.75) is 46.3 Å². The molecule has 62 valence electrons. The Balaban J connectivity index is 3.34. The minimum absolute atomic E-state index is 0.119. The van der Waals surface area contributed by atoms with Crippen LogP contribution in [0.5, 0.6) is 0 Å². The molecule has 0 aromatic rings. The van der Waals surface area contributed by atoms with Crippen molar-refractivity contribution >= 4 is 0 Å². The number of rotatable bonds is 4. The van der Waals surface area contributed by atoms with Crippen LogP contribution in [0.3, 0.4) is 0 Å². The lowest BCUT2D eigenvalue weighted by molar-refractivity contribution is -0.176. The van der Waals surface area contributed by atoms with Gasteiger partial charge in [0.2, 0.25) is 6.41 Å². The van der Waals surface area contributed by atoms with Crippen LogP contribution in [-0.4, -0.2) is 18.6 Å². The maximum absolute atomic E-state index is 5.43. The molecule has 0 aromatic carbocycles. The fourth-order valence-electron chi connectivity index (χ4n) is 0.569. The number of nitrogens with two attached hydrogens (primary N) is 1. The summed E-state index contributed by atoms with van der Waals surface area (Å²) < 4.78 is 10.2. The number of ether oxygens (including phenoxy) is 2. The third-order valence-electron chi connectivity index (χ3n) is 0.813. The summed E-state index contributed by atoms with van der Waals surface area (Å²) in [6.45, 7) is 7.68. The van der Waals surface area contributed by atoms with Crippen LogP contribution in [0.2, 0.25) is 0 Å². The van der Waals surface area contributed by atoms with Gasteiger partial charge in [0.1, 0.15) is 0 Å². The summed E-state index contributed by atoms with van der Waals surface area (Å²) in [6, 6.07) is 0. The van der Waals surface area contributed by atoms with Crippen molar-refractivity contribution in [2.24, 2.45) is 5.73 Å². The quantitative estimate of drug-likeness (QED) is 0.605. The molecule has 0 aliphatic heterocycles. The van der Waals surface area contributed by atoms with Crippen molar-refractivity contribution in [3.05, 3.63) is 0 Å². The SMILES string of the molecule is CC(C)OC(N)OC(C)C. The van der Waals surface area contributed by atoms with E-state index in [1.54, 1.807) is 0 Å². The smallest absolute Gasteiger partial charge is 0.213 e. The molecular formula is C7H17NO2. The van der Waals surface area contributed by atoms with Crippen LogP contribution < -0.4 is 5.73 Å². The maximum Gasteiger partial charge on any atom is 0.213 e. The Morgan fingerprint density at radius 3 is 1.40 bits per heavy atom. The summed E-state index contributed by atoms with van der Waals surface area (Å²) in [4.78, 5) is 0. The Bertz CT molecular complexity index is 73.7. The third-order valence-corrected chi connectivity index (χ3v) is 0.813. The van der Waals surface area contributed by atoms with E-state index in [1.165, 1.54) is 0 Å². The second-order valence-electron chi connectivity index (χ2n) is 2.74. The van der Waals surface area contributed by atoms with Crippen LogP contribution >= 0.6 is 0 Å². The molecule has 0 aromatic heterocycles. The molecule has 3 nitrogen and oxygen atoms in total. The van der Waals surface area contributed by atoms with Gasteiger partial charge in [-0.15, -0.1) is 0 Å². The lowest BCUT2D eigenvalue weighted by Gasteiger charge is -2.18. The normalized spacial score (nSPS) is 12.0. The molecular weight excluding hydrogens is 130 g/mol. The number of hydrogen-bond acceptors (Lipinski definition) is 3. The molecule has 0 fully saturated rings. The lowest BCUT2D eigenvalue weighted by Crippen LogP contribution is -2.32.